The number of hydrogen-bond donors (Lipinski definition) is 1. The van der Waals surface area contributed by atoms with E-state index in [2.05, 4.69) is 9.97 Å². The SMILES string of the molecule is O=C(OCc1nc2ccccc2c(=O)[nH]1)[C@H]1COc2ccccc2C1. The number of benzene rings is 2. The summed E-state index contributed by atoms with van der Waals surface area (Å²) in [5, 5.41) is 0.509. The van der Waals surface area contributed by atoms with Gasteiger partial charge in [0.15, 0.2) is 0 Å². The van der Waals surface area contributed by atoms with E-state index in [1.165, 1.54) is 0 Å². The van der Waals surface area contributed by atoms with E-state index in [0.29, 0.717) is 23.1 Å². The van der Waals surface area contributed by atoms with E-state index in [1.54, 1.807) is 24.3 Å². The molecule has 0 fully saturated rings. The summed E-state index contributed by atoms with van der Waals surface area (Å²) < 4.78 is 10.9. The maximum Gasteiger partial charge on any atom is 0.313 e. The molecule has 25 heavy (non-hydrogen) atoms. The van der Waals surface area contributed by atoms with Crippen molar-refractivity contribution in [1.29, 1.82) is 0 Å². The molecular weight excluding hydrogens is 320 g/mol. The van der Waals surface area contributed by atoms with Gasteiger partial charge in [-0.25, -0.2) is 4.98 Å². The molecule has 1 N–H and O–H groups in total. The second-order valence-electron chi connectivity index (χ2n) is 5.96. The molecule has 0 amide bonds. The van der Waals surface area contributed by atoms with Gasteiger partial charge in [-0.1, -0.05) is 30.3 Å². The predicted molar refractivity (Wildman–Crippen MR) is 91.3 cm³/mol. The molecular formula is C19H16N2O4. The van der Waals surface area contributed by atoms with Gasteiger partial charge in [-0.15, -0.1) is 0 Å². The van der Waals surface area contributed by atoms with E-state index in [9.17, 15) is 9.59 Å². The minimum Gasteiger partial charge on any atom is -0.492 e. The lowest BCUT2D eigenvalue weighted by Gasteiger charge is -2.23. The molecule has 0 saturated heterocycles. The summed E-state index contributed by atoms with van der Waals surface area (Å²) in [6.45, 7) is 0.217. The monoisotopic (exact) mass is 336 g/mol. The molecule has 1 aliphatic rings. The van der Waals surface area contributed by atoms with Gasteiger partial charge < -0.3 is 14.5 Å². The first-order valence-electron chi connectivity index (χ1n) is 8.06. The van der Waals surface area contributed by atoms with Crippen LogP contribution in [0.2, 0.25) is 0 Å². The molecule has 126 valence electrons. The van der Waals surface area contributed by atoms with E-state index in [4.69, 9.17) is 9.47 Å². The zero-order valence-electron chi connectivity index (χ0n) is 13.4. The van der Waals surface area contributed by atoms with Crippen LogP contribution >= 0.6 is 0 Å². The van der Waals surface area contributed by atoms with Crippen molar-refractivity contribution in [1.82, 2.24) is 9.97 Å². The summed E-state index contributed by atoms with van der Waals surface area (Å²) in [6, 6.07) is 14.7. The molecule has 2 heterocycles. The molecule has 1 aliphatic heterocycles. The van der Waals surface area contributed by atoms with Gasteiger partial charge in [0.1, 0.15) is 24.8 Å². The number of H-pyrrole nitrogens is 1. The van der Waals surface area contributed by atoms with Crippen molar-refractivity contribution >= 4 is 16.9 Å². The number of aromatic amines is 1. The highest BCUT2D eigenvalue weighted by atomic mass is 16.5. The van der Waals surface area contributed by atoms with Crippen LogP contribution in [0.15, 0.2) is 53.3 Å². The van der Waals surface area contributed by atoms with Crippen molar-refractivity contribution in [3.63, 3.8) is 0 Å². The highest BCUT2D eigenvalue weighted by molar-refractivity contribution is 5.77. The molecule has 4 rings (SSSR count). The lowest BCUT2D eigenvalue weighted by Crippen LogP contribution is -2.30. The van der Waals surface area contributed by atoms with Crippen LogP contribution in [0.4, 0.5) is 0 Å². The van der Waals surface area contributed by atoms with E-state index in [0.717, 1.165) is 11.3 Å². The fourth-order valence-electron chi connectivity index (χ4n) is 2.94. The van der Waals surface area contributed by atoms with Gasteiger partial charge in [-0.3, -0.25) is 9.59 Å². The van der Waals surface area contributed by atoms with Crippen LogP contribution in [0.1, 0.15) is 11.4 Å². The molecule has 0 unspecified atom stereocenters. The molecule has 0 radical (unpaired) electrons. The van der Waals surface area contributed by atoms with Crippen LogP contribution < -0.4 is 10.3 Å². The quantitative estimate of drug-likeness (QED) is 0.742. The van der Waals surface area contributed by atoms with Crippen molar-refractivity contribution in [2.24, 2.45) is 5.92 Å². The fraction of sp³-hybridized carbons (Fsp3) is 0.211. The zero-order chi connectivity index (χ0) is 17.2. The van der Waals surface area contributed by atoms with Crippen LogP contribution in [0.5, 0.6) is 5.75 Å². The average molecular weight is 336 g/mol. The van der Waals surface area contributed by atoms with E-state index < -0.39 is 0 Å². The Bertz CT molecular complexity index is 996. The van der Waals surface area contributed by atoms with Gasteiger partial charge in [0.2, 0.25) is 0 Å². The van der Waals surface area contributed by atoms with E-state index in [-0.39, 0.29) is 30.7 Å². The third-order valence-corrected chi connectivity index (χ3v) is 4.23. The Morgan fingerprint density at radius 1 is 1.20 bits per heavy atom. The van der Waals surface area contributed by atoms with Crippen molar-refractivity contribution in [3.05, 3.63) is 70.3 Å². The highest BCUT2D eigenvalue weighted by Gasteiger charge is 2.27. The topological polar surface area (TPSA) is 81.3 Å². The average Bonchev–Trinajstić information content (AvgIpc) is 2.66. The first kappa shape index (κ1) is 15.4. The normalized spacial score (nSPS) is 16.1. The summed E-state index contributed by atoms with van der Waals surface area (Å²) in [5.74, 6) is 0.425. The lowest BCUT2D eigenvalue weighted by molar-refractivity contribution is -0.151. The third kappa shape index (κ3) is 3.10. The highest BCUT2D eigenvalue weighted by Crippen LogP contribution is 2.27. The third-order valence-electron chi connectivity index (χ3n) is 4.23. The number of carbonyl (C=O) groups excluding carboxylic acids is 1. The maximum atomic E-state index is 12.3. The number of nitrogens with one attached hydrogen (secondary N) is 1. The fourth-order valence-corrected chi connectivity index (χ4v) is 2.94. The molecule has 0 bridgehead atoms. The Balaban J connectivity index is 1.45. The number of aromatic nitrogens is 2. The molecule has 2 aromatic carbocycles. The van der Waals surface area contributed by atoms with E-state index >= 15 is 0 Å². The van der Waals surface area contributed by atoms with Crippen molar-refractivity contribution < 1.29 is 14.3 Å². The number of hydrogen-bond acceptors (Lipinski definition) is 5. The maximum absolute atomic E-state index is 12.3. The molecule has 1 aromatic heterocycles. The van der Waals surface area contributed by atoms with Gasteiger partial charge >= 0.3 is 5.97 Å². The smallest absolute Gasteiger partial charge is 0.313 e. The van der Waals surface area contributed by atoms with Gasteiger partial charge in [0.05, 0.1) is 16.8 Å². The number of rotatable bonds is 3. The number of para-hydroxylation sites is 2. The van der Waals surface area contributed by atoms with E-state index in [1.807, 2.05) is 24.3 Å². The predicted octanol–water partition coefficient (Wildman–Crippen LogP) is 2.22. The summed E-state index contributed by atoms with van der Waals surface area (Å²) in [6.07, 6.45) is 0.580. The van der Waals surface area contributed by atoms with Gasteiger partial charge in [-0.05, 0) is 30.2 Å². The van der Waals surface area contributed by atoms with Crippen LogP contribution in [-0.4, -0.2) is 22.5 Å². The lowest BCUT2D eigenvalue weighted by atomic mass is 9.97. The molecule has 6 heteroatoms. The van der Waals surface area contributed by atoms with Gasteiger partial charge in [-0.2, -0.15) is 0 Å². The number of carbonyl (C=O) groups is 1. The zero-order valence-corrected chi connectivity index (χ0v) is 13.4. The molecule has 0 saturated carbocycles. The Hall–Kier alpha value is -3.15. The molecule has 0 aliphatic carbocycles. The van der Waals surface area contributed by atoms with Crippen LogP contribution in [0, 0.1) is 5.92 Å². The molecule has 6 nitrogen and oxygen atoms in total. The summed E-state index contributed by atoms with van der Waals surface area (Å²) in [4.78, 5) is 31.3. The van der Waals surface area contributed by atoms with Crippen molar-refractivity contribution in [2.45, 2.75) is 13.0 Å². The number of esters is 1. The number of fused-ring (bicyclic) bond motifs is 2. The number of nitrogens with zero attached hydrogens (tertiary/aromatic N) is 1. The minimum atomic E-state index is -0.359. The Morgan fingerprint density at radius 2 is 2.00 bits per heavy atom. The number of ether oxygens (including phenoxy) is 2. The standard InChI is InChI=1S/C19H16N2O4/c22-18-14-6-2-3-7-15(14)20-17(21-18)11-25-19(23)13-9-12-5-1-4-8-16(12)24-10-13/h1-8,13H,9-11H2,(H,20,21,22)/t13-/m1/s1. The van der Waals surface area contributed by atoms with Crippen LogP contribution in [-0.2, 0) is 22.6 Å². The van der Waals surface area contributed by atoms with Gasteiger partial charge in [0, 0.05) is 0 Å². The summed E-state index contributed by atoms with van der Waals surface area (Å²) >= 11 is 0. The molecule has 0 spiro atoms. The summed E-state index contributed by atoms with van der Waals surface area (Å²) in [5.41, 5.74) is 1.33. The largest absolute Gasteiger partial charge is 0.492 e. The summed E-state index contributed by atoms with van der Waals surface area (Å²) in [7, 11) is 0. The molecule has 3 aromatic rings. The first-order chi connectivity index (χ1) is 12.2. The van der Waals surface area contributed by atoms with Crippen molar-refractivity contribution in [2.75, 3.05) is 6.61 Å². The Kier molecular flexibility index (Phi) is 3.93. The first-order valence-corrected chi connectivity index (χ1v) is 8.06. The second kappa shape index (κ2) is 6.39. The van der Waals surface area contributed by atoms with Crippen LogP contribution in [0.3, 0.4) is 0 Å². The Morgan fingerprint density at radius 3 is 2.92 bits per heavy atom. The van der Waals surface area contributed by atoms with Gasteiger partial charge in [0.25, 0.3) is 5.56 Å². The molecule has 1 atom stereocenters. The Labute approximate surface area is 143 Å². The second-order valence-corrected chi connectivity index (χ2v) is 5.96. The van der Waals surface area contributed by atoms with Crippen LogP contribution in [0.25, 0.3) is 10.9 Å². The van der Waals surface area contributed by atoms with Crippen molar-refractivity contribution in [3.8, 4) is 5.75 Å². The minimum absolute atomic E-state index is 0.0724.